The predicted octanol–water partition coefficient (Wildman–Crippen LogP) is 1.00. The van der Waals surface area contributed by atoms with E-state index in [1.54, 1.807) is 10.9 Å². The molecule has 98 valence electrons. The van der Waals surface area contributed by atoms with Crippen molar-refractivity contribution >= 4 is 18.3 Å². The molecule has 0 aromatic carbocycles. The molecule has 0 radical (unpaired) electrons. The Labute approximate surface area is 108 Å². The second kappa shape index (κ2) is 6.61. The third-order valence-corrected chi connectivity index (χ3v) is 2.60. The third kappa shape index (κ3) is 4.36. The van der Waals surface area contributed by atoms with E-state index in [9.17, 15) is 4.79 Å². The number of carbonyl (C=O) groups is 1. The normalized spacial score (nSPS) is 14.0. The van der Waals surface area contributed by atoms with Crippen LogP contribution in [0.25, 0.3) is 0 Å². The molecule has 5 nitrogen and oxygen atoms in total. The smallest absolute Gasteiger partial charge is 0.237 e. The molecule has 3 N–H and O–H groups in total. The first kappa shape index (κ1) is 15.9. The molecule has 1 aromatic heterocycles. The summed E-state index contributed by atoms with van der Waals surface area (Å²) in [5.41, 5.74) is 6.74. The van der Waals surface area contributed by atoms with Crippen molar-refractivity contribution < 1.29 is 4.79 Å². The number of nitrogens with one attached hydrogen (secondary N) is 1. The van der Waals surface area contributed by atoms with E-state index in [0.29, 0.717) is 0 Å². The van der Waals surface area contributed by atoms with Crippen LogP contribution in [0.5, 0.6) is 0 Å². The highest BCUT2D eigenvalue weighted by atomic mass is 35.5. The van der Waals surface area contributed by atoms with Gasteiger partial charge in [-0.1, -0.05) is 13.8 Å². The van der Waals surface area contributed by atoms with Crippen LogP contribution < -0.4 is 11.1 Å². The molecule has 0 aliphatic rings. The summed E-state index contributed by atoms with van der Waals surface area (Å²) < 4.78 is 1.71. The lowest BCUT2D eigenvalue weighted by atomic mass is 10.0. The average Bonchev–Trinajstić information content (AvgIpc) is 2.63. The van der Waals surface area contributed by atoms with Crippen LogP contribution in [0.3, 0.4) is 0 Å². The van der Waals surface area contributed by atoms with Crippen molar-refractivity contribution in [1.82, 2.24) is 15.1 Å². The van der Waals surface area contributed by atoms with Gasteiger partial charge in [0, 0.05) is 18.8 Å². The van der Waals surface area contributed by atoms with E-state index in [1.165, 1.54) is 0 Å². The minimum atomic E-state index is -0.459. The Hall–Kier alpha value is -1.07. The number of nitrogens with two attached hydrogens (primary N) is 1. The summed E-state index contributed by atoms with van der Waals surface area (Å²) in [5, 5.41) is 6.93. The Morgan fingerprint density at radius 2 is 2.06 bits per heavy atom. The molecule has 0 aliphatic carbocycles. The maximum absolute atomic E-state index is 11.7. The first-order valence-corrected chi connectivity index (χ1v) is 5.46. The minimum Gasteiger partial charge on any atom is -0.348 e. The number of hydrogen-bond donors (Lipinski definition) is 2. The van der Waals surface area contributed by atoms with Crippen molar-refractivity contribution in [3.05, 3.63) is 18.0 Å². The standard InChI is InChI=1S/C11H20N4O.ClH/c1-7(2)10(12)11(16)14-8(3)9-5-13-15(4)6-9;/h5-8,10H,12H2,1-4H3,(H,14,16);1H/t8?,10-;/m1./s1. The average molecular weight is 261 g/mol. The van der Waals surface area contributed by atoms with Gasteiger partial charge in [-0.2, -0.15) is 5.10 Å². The topological polar surface area (TPSA) is 72.9 Å². The number of amides is 1. The Kier molecular flexibility index (Phi) is 6.20. The van der Waals surface area contributed by atoms with Gasteiger partial charge in [0.15, 0.2) is 0 Å². The second-order valence-electron chi connectivity index (χ2n) is 4.45. The van der Waals surface area contributed by atoms with Gasteiger partial charge in [0.05, 0.1) is 18.3 Å². The van der Waals surface area contributed by atoms with Crippen molar-refractivity contribution in [1.29, 1.82) is 0 Å². The monoisotopic (exact) mass is 260 g/mol. The summed E-state index contributed by atoms with van der Waals surface area (Å²) in [4.78, 5) is 11.7. The Morgan fingerprint density at radius 3 is 2.47 bits per heavy atom. The maximum Gasteiger partial charge on any atom is 0.237 e. The summed E-state index contributed by atoms with van der Waals surface area (Å²) >= 11 is 0. The van der Waals surface area contributed by atoms with Gasteiger partial charge in [-0.3, -0.25) is 9.48 Å². The number of hydrogen-bond acceptors (Lipinski definition) is 3. The zero-order chi connectivity index (χ0) is 12.3. The summed E-state index contributed by atoms with van der Waals surface area (Å²) in [6.45, 7) is 5.78. The molecule has 1 unspecified atom stereocenters. The summed E-state index contributed by atoms with van der Waals surface area (Å²) in [7, 11) is 1.85. The van der Waals surface area contributed by atoms with E-state index in [0.717, 1.165) is 5.56 Å². The largest absolute Gasteiger partial charge is 0.348 e. The van der Waals surface area contributed by atoms with Gasteiger partial charge in [-0.25, -0.2) is 0 Å². The lowest BCUT2D eigenvalue weighted by Crippen LogP contribution is -2.44. The Morgan fingerprint density at radius 1 is 1.47 bits per heavy atom. The molecular weight excluding hydrogens is 240 g/mol. The Balaban J connectivity index is 0.00000256. The van der Waals surface area contributed by atoms with E-state index in [-0.39, 0.29) is 30.3 Å². The minimum absolute atomic E-state index is 0. The van der Waals surface area contributed by atoms with Crippen molar-refractivity contribution in [2.45, 2.75) is 32.9 Å². The van der Waals surface area contributed by atoms with Crippen molar-refractivity contribution in [3.63, 3.8) is 0 Å². The van der Waals surface area contributed by atoms with Crippen LogP contribution in [-0.4, -0.2) is 21.7 Å². The summed E-state index contributed by atoms with van der Waals surface area (Å²) in [6.07, 6.45) is 3.62. The maximum atomic E-state index is 11.7. The molecule has 1 amide bonds. The van der Waals surface area contributed by atoms with Crippen LogP contribution in [0, 0.1) is 5.92 Å². The van der Waals surface area contributed by atoms with Gasteiger partial charge in [0.2, 0.25) is 5.91 Å². The SMILES string of the molecule is CC(NC(=O)[C@H](N)C(C)C)c1cnn(C)c1.Cl. The number of nitrogens with zero attached hydrogens (tertiary/aromatic N) is 2. The van der Waals surface area contributed by atoms with Crippen molar-refractivity contribution in [3.8, 4) is 0 Å². The zero-order valence-electron chi connectivity index (χ0n) is 10.7. The van der Waals surface area contributed by atoms with E-state index >= 15 is 0 Å². The first-order chi connectivity index (χ1) is 7.41. The fraction of sp³-hybridized carbons (Fsp3) is 0.636. The lowest BCUT2D eigenvalue weighted by molar-refractivity contribution is -0.123. The molecule has 0 saturated carbocycles. The van der Waals surface area contributed by atoms with E-state index in [1.807, 2.05) is 34.0 Å². The fourth-order valence-corrected chi connectivity index (χ4v) is 1.36. The molecule has 0 aliphatic heterocycles. The van der Waals surface area contributed by atoms with E-state index in [2.05, 4.69) is 10.4 Å². The molecule has 0 bridgehead atoms. The van der Waals surface area contributed by atoms with Crippen LogP contribution in [-0.2, 0) is 11.8 Å². The first-order valence-electron chi connectivity index (χ1n) is 5.46. The Bertz CT molecular complexity index is 364. The van der Waals surface area contributed by atoms with E-state index < -0.39 is 6.04 Å². The van der Waals surface area contributed by atoms with Crippen LogP contribution in [0.15, 0.2) is 12.4 Å². The van der Waals surface area contributed by atoms with Gasteiger partial charge >= 0.3 is 0 Å². The van der Waals surface area contributed by atoms with Crippen LogP contribution in [0.1, 0.15) is 32.4 Å². The zero-order valence-corrected chi connectivity index (χ0v) is 11.5. The number of rotatable bonds is 4. The highest BCUT2D eigenvalue weighted by molar-refractivity contribution is 5.85. The molecule has 0 saturated heterocycles. The summed E-state index contributed by atoms with van der Waals surface area (Å²) in [6, 6.07) is -0.523. The molecule has 1 heterocycles. The lowest BCUT2D eigenvalue weighted by Gasteiger charge is -2.18. The van der Waals surface area contributed by atoms with Gasteiger partial charge in [0.1, 0.15) is 0 Å². The predicted molar refractivity (Wildman–Crippen MR) is 69.8 cm³/mol. The van der Waals surface area contributed by atoms with E-state index in [4.69, 9.17) is 5.73 Å². The van der Waals surface area contributed by atoms with Crippen LogP contribution in [0.2, 0.25) is 0 Å². The third-order valence-electron chi connectivity index (χ3n) is 2.60. The molecule has 17 heavy (non-hydrogen) atoms. The number of aryl methyl sites for hydroxylation is 1. The fourth-order valence-electron chi connectivity index (χ4n) is 1.36. The molecule has 1 rings (SSSR count). The number of aromatic nitrogens is 2. The molecule has 6 heteroatoms. The second-order valence-corrected chi connectivity index (χ2v) is 4.45. The van der Waals surface area contributed by atoms with Gasteiger partial charge in [-0.05, 0) is 12.8 Å². The molecule has 0 fully saturated rings. The summed E-state index contributed by atoms with van der Waals surface area (Å²) in [5.74, 6) is 0.0208. The van der Waals surface area contributed by atoms with Crippen molar-refractivity contribution in [2.24, 2.45) is 18.7 Å². The van der Waals surface area contributed by atoms with Gasteiger partial charge < -0.3 is 11.1 Å². The molecule has 1 aromatic rings. The highest BCUT2D eigenvalue weighted by Gasteiger charge is 2.19. The highest BCUT2D eigenvalue weighted by Crippen LogP contribution is 2.11. The van der Waals surface area contributed by atoms with Gasteiger partial charge in [0.25, 0.3) is 0 Å². The molecule has 0 spiro atoms. The van der Waals surface area contributed by atoms with Crippen molar-refractivity contribution in [2.75, 3.05) is 0 Å². The molecule has 2 atom stereocenters. The van der Waals surface area contributed by atoms with Gasteiger partial charge in [-0.15, -0.1) is 12.4 Å². The number of carbonyl (C=O) groups excluding carboxylic acids is 1. The van der Waals surface area contributed by atoms with Crippen LogP contribution in [0.4, 0.5) is 0 Å². The number of halogens is 1. The molecular formula is C11H21ClN4O. The van der Waals surface area contributed by atoms with Crippen LogP contribution >= 0.6 is 12.4 Å². The quantitative estimate of drug-likeness (QED) is 0.848.